The first kappa shape index (κ1) is 19.5. The highest BCUT2D eigenvalue weighted by Crippen LogP contribution is 2.33. The van der Waals surface area contributed by atoms with E-state index in [9.17, 15) is 0 Å². The van der Waals surface area contributed by atoms with Crippen LogP contribution in [0.15, 0.2) is 71.8 Å². The van der Waals surface area contributed by atoms with Crippen LogP contribution in [-0.4, -0.2) is 29.8 Å². The maximum Gasteiger partial charge on any atom is 0.189 e. The SMILES string of the molecule is COC1(C)NC(C2=NOC(C)C(c3ccc(Cl)cc3)N2)=CC=C1c1ccncc1. The zero-order chi connectivity index (χ0) is 20.4. The van der Waals surface area contributed by atoms with Crippen LogP contribution in [0.3, 0.4) is 0 Å². The van der Waals surface area contributed by atoms with Crippen molar-refractivity contribution in [1.29, 1.82) is 0 Å². The highest BCUT2D eigenvalue weighted by atomic mass is 35.5. The molecule has 29 heavy (non-hydrogen) atoms. The van der Waals surface area contributed by atoms with Crippen LogP contribution in [0.4, 0.5) is 0 Å². The third-order valence-corrected chi connectivity index (χ3v) is 5.51. The number of allylic oxidation sites excluding steroid dienone is 2. The lowest BCUT2D eigenvalue weighted by molar-refractivity contribution is 0.0284. The van der Waals surface area contributed by atoms with Crippen LogP contribution in [0.5, 0.6) is 0 Å². The maximum atomic E-state index is 6.03. The number of nitrogens with zero attached hydrogens (tertiary/aromatic N) is 2. The number of benzene rings is 1. The summed E-state index contributed by atoms with van der Waals surface area (Å²) in [4.78, 5) is 9.79. The van der Waals surface area contributed by atoms with Crippen molar-refractivity contribution in [3.63, 3.8) is 0 Å². The van der Waals surface area contributed by atoms with Crippen molar-refractivity contribution in [2.24, 2.45) is 5.16 Å². The number of dihydropyridines is 1. The van der Waals surface area contributed by atoms with Gasteiger partial charge in [0.25, 0.3) is 0 Å². The van der Waals surface area contributed by atoms with Crippen molar-refractivity contribution in [2.75, 3.05) is 7.11 Å². The highest BCUT2D eigenvalue weighted by molar-refractivity contribution is 6.30. The quantitative estimate of drug-likeness (QED) is 0.796. The van der Waals surface area contributed by atoms with Crippen molar-refractivity contribution in [1.82, 2.24) is 15.6 Å². The van der Waals surface area contributed by atoms with E-state index in [1.165, 1.54) is 0 Å². The summed E-state index contributed by atoms with van der Waals surface area (Å²) in [6.07, 6.45) is 7.42. The van der Waals surface area contributed by atoms with Gasteiger partial charge in [-0.15, -0.1) is 0 Å². The second-order valence-corrected chi connectivity index (χ2v) is 7.62. The van der Waals surface area contributed by atoms with E-state index in [1.54, 1.807) is 19.5 Å². The Morgan fingerprint density at radius 3 is 2.52 bits per heavy atom. The first-order chi connectivity index (χ1) is 14.0. The molecule has 0 saturated carbocycles. The molecule has 0 saturated heterocycles. The molecule has 2 aliphatic heterocycles. The molecule has 2 aromatic rings. The summed E-state index contributed by atoms with van der Waals surface area (Å²) in [7, 11) is 1.68. The third kappa shape index (κ3) is 3.86. The van der Waals surface area contributed by atoms with Crippen LogP contribution < -0.4 is 10.6 Å². The monoisotopic (exact) mass is 410 g/mol. The zero-order valence-corrected chi connectivity index (χ0v) is 17.3. The molecule has 0 aliphatic carbocycles. The summed E-state index contributed by atoms with van der Waals surface area (Å²) in [6.45, 7) is 3.96. The lowest BCUT2D eigenvalue weighted by atomic mass is 9.93. The molecule has 150 valence electrons. The molecule has 1 aromatic heterocycles. The van der Waals surface area contributed by atoms with Gasteiger partial charge in [-0.2, -0.15) is 0 Å². The molecule has 3 unspecified atom stereocenters. The van der Waals surface area contributed by atoms with Gasteiger partial charge in [0, 0.05) is 30.1 Å². The topological polar surface area (TPSA) is 67.8 Å². The van der Waals surface area contributed by atoms with E-state index in [1.807, 2.05) is 62.4 Å². The van der Waals surface area contributed by atoms with E-state index in [0.717, 1.165) is 22.4 Å². The van der Waals surface area contributed by atoms with Gasteiger partial charge in [0.15, 0.2) is 11.6 Å². The molecule has 6 nitrogen and oxygen atoms in total. The number of hydrogen-bond acceptors (Lipinski definition) is 6. The Morgan fingerprint density at radius 1 is 1.10 bits per heavy atom. The first-order valence-corrected chi connectivity index (χ1v) is 9.80. The van der Waals surface area contributed by atoms with E-state index < -0.39 is 5.72 Å². The molecule has 4 rings (SSSR count). The fourth-order valence-electron chi connectivity index (χ4n) is 3.53. The van der Waals surface area contributed by atoms with E-state index in [-0.39, 0.29) is 12.1 Å². The molecule has 3 heterocycles. The molecular formula is C22H23ClN4O2. The Hall–Kier alpha value is -2.83. The average Bonchev–Trinajstić information content (AvgIpc) is 2.75. The average molecular weight is 411 g/mol. The Bertz CT molecular complexity index is 972. The number of hydrogen-bond donors (Lipinski definition) is 2. The minimum atomic E-state index is -0.728. The number of methoxy groups -OCH3 is 1. The van der Waals surface area contributed by atoms with Crippen LogP contribution in [0, 0.1) is 0 Å². The predicted molar refractivity (Wildman–Crippen MR) is 114 cm³/mol. The Labute approximate surface area is 175 Å². The third-order valence-electron chi connectivity index (χ3n) is 5.26. The molecule has 0 amide bonds. The standard InChI is InChI=1S/C22H23ClN4O2/c1-14-20(16-4-6-17(23)7-5-16)25-21(27-29-14)19-9-8-18(22(2,26-19)28-3)15-10-12-24-13-11-15/h4-14,20,26H,1-3H3,(H,25,27). The van der Waals surface area contributed by atoms with Gasteiger partial charge in [-0.3, -0.25) is 4.98 Å². The summed E-state index contributed by atoms with van der Waals surface area (Å²) in [6, 6.07) is 11.6. The van der Waals surface area contributed by atoms with Crippen molar-refractivity contribution in [3.05, 3.63) is 82.8 Å². The molecule has 7 heteroatoms. The molecule has 0 radical (unpaired) electrons. The number of halogens is 1. The van der Waals surface area contributed by atoms with Gasteiger partial charge in [-0.25, -0.2) is 0 Å². The number of amidine groups is 1. The van der Waals surface area contributed by atoms with Crippen LogP contribution in [0.25, 0.3) is 5.57 Å². The largest absolute Gasteiger partial charge is 0.388 e. The van der Waals surface area contributed by atoms with E-state index in [4.69, 9.17) is 21.2 Å². The number of oxime groups is 1. The van der Waals surface area contributed by atoms with Gasteiger partial charge >= 0.3 is 0 Å². The molecular weight excluding hydrogens is 388 g/mol. The van der Waals surface area contributed by atoms with Gasteiger partial charge in [0.2, 0.25) is 0 Å². The number of rotatable bonds is 4. The number of ether oxygens (including phenoxy) is 1. The smallest absolute Gasteiger partial charge is 0.189 e. The van der Waals surface area contributed by atoms with Crippen molar-refractivity contribution in [3.8, 4) is 0 Å². The zero-order valence-electron chi connectivity index (χ0n) is 16.5. The van der Waals surface area contributed by atoms with Crippen molar-refractivity contribution >= 4 is 23.0 Å². The molecule has 2 aliphatic rings. The second-order valence-electron chi connectivity index (χ2n) is 7.18. The number of nitrogens with one attached hydrogen (secondary N) is 2. The predicted octanol–water partition coefficient (Wildman–Crippen LogP) is 4.03. The van der Waals surface area contributed by atoms with Crippen LogP contribution >= 0.6 is 11.6 Å². The van der Waals surface area contributed by atoms with Gasteiger partial charge in [0.1, 0.15) is 6.10 Å². The normalized spacial score (nSPS) is 26.3. The summed E-state index contributed by atoms with van der Waals surface area (Å²) >= 11 is 6.03. The molecule has 2 N–H and O–H groups in total. The minimum absolute atomic E-state index is 0.0539. The molecule has 0 spiro atoms. The maximum absolute atomic E-state index is 6.03. The van der Waals surface area contributed by atoms with Crippen molar-refractivity contribution in [2.45, 2.75) is 31.7 Å². The van der Waals surface area contributed by atoms with Crippen LogP contribution in [0.2, 0.25) is 5.02 Å². The molecule has 0 fully saturated rings. The molecule has 3 atom stereocenters. The van der Waals surface area contributed by atoms with Gasteiger partial charge in [0.05, 0.1) is 11.7 Å². The lowest BCUT2D eigenvalue weighted by Gasteiger charge is -2.38. The van der Waals surface area contributed by atoms with E-state index in [2.05, 4.69) is 20.8 Å². The Balaban J connectivity index is 1.63. The minimum Gasteiger partial charge on any atom is -0.388 e. The summed E-state index contributed by atoms with van der Waals surface area (Å²) in [5, 5.41) is 11.9. The van der Waals surface area contributed by atoms with Gasteiger partial charge in [-0.05, 0) is 55.3 Å². The Kier molecular flexibility index (Phi) is 5.30. The second kappa shape index (κ2) is 7.89. The fraction of sp³-hybridized carbons (Fsp3) is 0.273. The molecule has 0 bridgehead atoms. The van der Waals surface area contributed by atoms with Crippen LogP contribution in [-0.2, 0) is 9.57 Å². The van der Waals surface area contributed by atoms with E-state index >= 15 is 0 Å². The van der Waals surface area contributed by atoms with Gasteiger partial charge < -0.3 is 20.2 Å². The summed E-state index contributed by atoms with van der Waals surface area (Å²) in [5.74, 6) is 0.622. The van der Waals surface area contributed by atoms with Crippen LogP contribution in [0.1, 0.15) is 31.0 Å². The van der Waals surface area contributed by atoms with E-state index in [0.29, 0.717) is 10.9 Å². The first-order valence-electron chi connectivity index (χ1n) is 9.42. The van der Waals surface area contributed by atoms with Crippen molar-refractivity contribution < 1.29 is 9.57 Å². The summed E-state index contributed by atoms with van der Waals surface area (Å²) in [5.41, 5.74) is 3.18. The number of aromatic nitrogens is 1. The van der Waals surface area contributed by atoms with Gasteiger partial charge in [-0.1, -0.05) is 35.0 Å². The molecule has 1 aromatic carbocycles. The number of pyridine rings is 1. The highest BCUT2D eigenvalue weighted by Gasteiger charge is 2.36. The lowest BCUT2D eigenvalue weighted by Crippen LogP contribution is -2.51. The fourth-order valence-corrected chi connectivity index (χ4v) is 3.66. The summed E-state index contributed by atoms with van der Waals surface area (Å²) < 4.78 is 5.83. The Morgan fingerprint density at radius 2 is 1.83 bits per heavy atom.